The lowest BCUT2D eigenvalue weighted by Crippen LogP contribution is -2.65. The van der Waals surface area contributed by atoms with E-state index in [9.17, 15) is 14.7 Å². The number of aliphatic hydroxyl groups is 1. The number of likely N-dealkylation sites (N-methyl/N-ethyl adjacent to an activating group) is 1. The highest BCUT2D eigenvalue weighted by atomic mass is 16.3. The third-order valence-electron chi connectivity index (χ3n) is 11.6. The quantitative estimate of drug-likeness (QED) is 0.0486. The molecule has 7 nitrogen and oxygen atoms in total. The van der Waals surface area contributed by atoms with E-state index in [0.29, 0.717) is 45.4 Å². The van der Waals surface area contributed by atoms with E-state index in [2.05, 4.69) is 72.5 Å². The number of nitrogens with zero attached hydrogens (tertiary/aromatic N) is 3. The summed E-state index contributed by atoms with van der Waals surface area (Å²) in [5.74, 6) is 0.145. The minimum atomic E-state index is -0.802. The second kappa shape index (κ2) is 36.4. The molecule has 0 bridgehead atoms. The van der Waals surface area contributed by atoms with Gasteiger partial charge in [0.25, 0.3) is 0 Å². The van der Waals surface area contributed by atoms with Crippen LogP contribution in [0.25, 0.3) is 0 Å². The molecule has 0 spiro atoms. The molecular formula is C48H90N4O3. The van der Waals surface area contributed by atoms with E-state index in [1.165, 1.54) is 116 Å². The summed E-state index contributed by atoms with van der Waals surface area (Å²) < 4.78 is 0. The second-order valence-corrected chi connectivity index (χ2v) is 16.6. The molecule has 7 heteroatoms. The van der Waals surface area contributed by atoms with Crippen molar-refractivity contribution in [3.63, 3.8) is 0 Å². The highest BCUT2D eigenvalue weighted by molar-refractivity contribution is 5.91. The van der Waals surface area contributed by atoms with Crippen LogP contribution in [0.5, 0.6) is 0 Å². The fraction of sp³-hybridized carbons (Fsp3) is 0.833. The van der Waals surface area contributed by atoms with Crippen molar-refractivity contribution in [1.82, 2.24) is 20.0 Å². The summed E-state index contributed by atoms with van der Waals surface area (Å²) in [6.07, 6.45) is 46.3. The SMILES string of the molecule is CCCCC/C=C\C/C=C\CCCCCCCC(=O)N(CCN(C)CCO)C1(C(=O)NCCCCCCCC/C=C\CCCCCCCC)CCN(C)CC1. The number of allylic oxidation sites excluding steroid dienone is 6. The average Bonchev–Trinajstić information content (AvgIpc) is 3.18. The lowest BCUT2D eigenvalue weighted by Gasteiger charge is -2.47. The minimum Gasteiger partial charge on any atom is -0.395 e. The van der Waals surface area contributed by atoms with Crippen LogP contribution in [0.4, 0.5) is 0 Å². The standard InChI is InChI=1S/C48H90N4O3/c1-5-7-9-11-13-15-17-19-21-23-25-27-29-31-33-35-39-49-47(55)48(37-40-50(3)41-38-48)52(43-42-51(4)44-45-53)46(54)36-34-32-30-28-26-24-22-20-18-16-14-12-10-8-6-2/h14,16,19-22,53H,5-13,15,17-18,23-45H2,1-4H3,(H,49,55)/b16-14-,21-19-,22-20-. The Balaban J connectivity index is 2.50. The normalized spacial score (nSPS) is 14.9. The van der Waals surface area contributed by atoms with E-state index in [0.717, 1.165) is 58.0 Å². The summed E-state index contributed by atoms with van der Waals surface area (Å²) >= 11 is 0. The van der Waals surface area contributed by atoms with E-state index >= 15 is 0 Å². The molecule has 1 heterocycles. The van der Waals surface area contributed by atoms with Crippen LogP contribution < -0.4 is 5.32 Å². The number of likely N-dealkylation sites (tertiary alicyclic amines) is 1. The third kappa shape index (κ3) is 26.6. The molecule has 0 atom stereocenters. The number of aliphatic hydroxyl groups excluding tert-OH is 1. The predicted octanol–water partition coefficient (Wildman–Crippen LogP) is 11.2. The summed E-state index contributed by atoms with van der Waals surface area (Å²) in [5, 5.41) is 12.8. The van der Waals surface area contributed by atoms with Gasteiger partial charge in [-0.15, -0.1) is 0 Å². The molecule has 320 valence electrons. The van der Waals surface area contributed by atoms with Gasteiger partial charge in [0.1, 0.15) is 5.54 Å². The maximum absolute atomic E-state index is 14.1. The van der Waals surface area contributed by atoms with Gasteiger partial charge >= 0.3 is 0 Å². The number of piperidine rings is 1. The Morgan fingerprint density at radius 2 is 1.07 bits per heavy atom. The van der Waals surface area contributed by atoms with Gasteiger partial charge in [-0.3, -0.25) is 9.59 Å². The highest BCUT2D eigenvalue weighted by Crippen LogP contribution is 2.30. The molecule has 2 N–H and O–H groups in total. The Kier molecular flexibility index (Phi) is 33.8. The largest absolute Gasteiger partial charge is 0.395 e. The number of carbonyl (C=O) groups excluding carboxylic acids is 2. The molecule has 1 saturated heterocycles. The molecule has 0 aliphatic carbocycles. The lowest BCUT2D eigenvalue weighted by atomic mass is 9.84. The Labute approximate surface area is 341 Å². The van der Waals surface area contributed by atoms with E-state index in [4.69, 9.17) is 0 Å². The zero-order valence-electron chi connectivity index (χ0n) is 36.8. The maximum atomic E-state index is 14.1. The van der Waals surface area contributed by atoms with Crippen LogP contribution in [0.3, 0.4) is 0 Å². The summed E-state index contributed by atoms with van der Waals surface area (Å²) in [7, 11) is 4.09. The van der Waals surface area contributed by atoms with Gasteiger partial charge in [0, 0.05) is 45.7 Å². The molecule has 2 amide bonds. The molecule has 1 aliphatic heterocycles. The molecule has 0 aromatic rings. The molecule has 0 unspecified atom stereocenters. The zero-order valence-corrected chi connectivity index (χ0v) is 36.8. The molecule has 1 aliphatic rings. The second-order valence-electron chi connectivity index (χ2n) is 16.6. The number of hydrogen-bond donors (Lipinski definition) is 2. The first-order valence-corrected chi connectivity index (χ1v) is 23.4. The molecular weight excluding hydrogens is 681 g/mol. The Morgan fingerprint density at radius 3 is 1.62 bits per heavy atom. The van der Waals surface area contributed by atoms with E-state index in [1.807, 2.05) is 11.9 Å². The molecule has 0 aromatic carbocycles. The Hall–Kier alpha value is -1.96. The maximum Gasteiger partial charge on any atom is 0.246 e. The van der Waals surface area contributed by atoms with Crippen molar-refractivity contribution < 1.29 is 14.7 Å². The summed E-state index contributed by atoms with van der Waals surface area (Å²) in [5.41, 5.74) is -0.802. The Morgan fingerprint density at radius 1 is 0.618 bits per heavy atom. The van der Waals surface area contributed by atoms with E-state index < -0.39 is 5.54 Å². The number of amides is 2. The van der Waals surface area contributed by atoms with Crippen LogP contribution >= 0.6 is 0 Å². The van der Waals surface area contributed by atoms with Gasteiger partial charge in [-0.2, -0.15) is 0 Å². The van der Waals surface area contributed by atoms with Gasteiger partial charge in [-0.05, 0) is 97.6 Å². The van der Waals surface area contributed by atoms with Crippen molar-refractivity contribution >= 4 is 11.8 Å². The van der Waals surface area contributed by atoms with Crippen LogP contribution in [0.1, 0.15) is 194 Å². The molecule has 55 heavy (non-hydrogen) atoms. The minimum absolute atomic E-state index is 0.0338. The summed E-state index contributed by atoms with van der Waals surface area (Å²) in [6, 6.07) is 0. The van der Waals surface area contributed by atoms with Crippen molar-refractivity contribution in [3.05, 3.63) is 36.5 Å². The van der Waals surface area contributed by atoms with Gasteiger partial charge < -0.3 is 25.1 Å². The van der Waals surface area contributed by atoms with Gasteiger partial charge in [-0.1, -0.05) is 140 Å². The molecule has 1 rings (SSSR count). The first-order valence-electron chi connectivity index (χ1n) is 23.4. The van der Waals surface area contributed by atoms with Crippen molar-refractivity contribution in [3.8, 4) is 0 Å². The monoisotopic (exact) mass is 771 g/mol. The topological polar surface area (TPSA) is 76.1 Å². The van der Waals surface area contributed by atoms with Crippen molar-refractivity contribution in [1.29, 1.82) is 0 Å². The molecule has 0 saturated carbocycles. The predicted molar refractivity (Wildman–Crippen MR) is 238 cm³/mol. The van der Waals surface area contributed by atoms with Gasteiger partial charge in [0.05, 0.1) is 6.61 Å². The van der Waals surface area contributed by atoms with Crippen LogP contribution in [0, 0.1) is 0 Å². The number of carbonyl (C=O) groups is 2. The van der Waals surface area contributed by atoms with Crippen molar-refractivity contribution in [2.24, 2.45) is 0 Å². The number of hydrogen-bond acceptors (Lipinski definition) is 5. The van der Waals surface area contributed by atoms with Crippen molar-refractivity contribution in [2.45, 2.75) is 199 Å². The van der Waals surface area contributed by atoms with Gasteiger partial charge in [0.2, 0.25) is 11.8 Å². The first kappa shape index (κ1) is 51.1. The Bertz CT molecular complexity index is 988. The number of rotatable bonds is 37. The van der Waals surface area contributed by atoms with Crippen LogP contribution in [-0.4, -0.2) is 97.1 Å². The highest BCUT2D eigenvalue weighted by Gasteiger charge is 2.47. The van der Waals surface area contributed by atoms with Crippen LogP contribution in [-0.2, 0) is 9.59 Å². The zero-order chi connectivity index (χ0) is 40.1. The van der Waals surface area contributed by atoms with Crippen LogP contribution in [0.15, 0.2) is 36.5 Å². The van der Waals surface area contributed by atoms with Gasteiger partial charge in [-0.25, -0.2) is 0 Å². The third-order valence-corrected chi connectivity index (χ3v) is 11.6. The number of nitrogens with one attached hydrogen (secondary N) is 1. The fourth-order valence-corrected chi connectivity index (χ4v) is 7.70. The smallest absolute Gasteiger partial charge is 0.246 e. The molecule has 0 radical (unpaired) electrons. The first-order chi connectivity index (χ1) is 26.9. The number of unbranched alkanes of at least 4 members (excludes halogenated alkanes) is 20. The van der Waals surface area contributed by atoms with E-state index in [1.54, 1.807) is 0 Å². The summed E-state index contributed by atoms with van der Waals surface area (Å²) in [6.45, 7) is 8.62. The molecule has 0 aromatic heterocycles. The van der Waals surface area contributed by atoms with E-state index in [-0.39, 0.29) is 18.4 Å². The van der Waals surface area contributed by atoms with Crippen molar-refractivity contribution in [2.75, 3.05) is 60.0 Å². The molecule has 1 fully saturated rings. The average molecular weight is 771 g/mol. The van der Waals surface area contributed by atoms with Crippen LogP contribution in [0.2, 0.25) is 0 Å². The lowest BCUT2D eigenvalue weighted by molar-refractivity contribution is -0.151. The van der Waals surface area contributed by atoms with Gasteiger partial charge in [0.15, 0.2) is 0 Å². The summed E-state index contributed by atoms with van der Waals surface area (Å²) in [4.78, 5) is 34.4. The fourth-order valence-electron chi connectivity index (χ4n) is 7.70.